The molecule has 1 aromatic rings. The molecule has 2 atom stereocenters. The first-order valence-electron chi connectivity index (χ1n) is 7.17. The number of thioether (sulfide) groups is 1. The summed E-state index contributed by atoms with van der Waals surface area (Å²) in [6, 6.07) is 9.59. The quantitative estimate of drug-likeness (QED) is 0.745. The van der Waals surface area contributed by atoms with Gasteiger partial charge in [0.1, 0.15) is 0 Å². The molecular weight excluding hydrogens is 238 g/mol. The van der Waals surface area contributed by atoms with E-state index in [1.54, 1.807) is 11.1 Å². The average Bonchev–Trinajstić information content (AvgIpc) is 2.74. The number of nitrogens with one attached hydrogen (secondary N) is 1. The first-order valence-corrected chi connectivity index (χ1v) is 8.56. The third kappa shape index (κ3) is 3.30. The molecule has 100 valence electrons. The average molecular weight is 263 g/mol. The Kier molecular flexibility index (Phi) is 5.58. The van der Waals surface area contributed by atoms with Gasteiger partial charge in [0, 0.05) is 6.04 Å². The van der Waals surface area contributed by atoms with Gasteiger partial charge in [-0.05, 0) is 61.3 Å². The highest BCUT2D eigenvalue weighted by Crippen LogP contribution is 2.38. The molecule has 1 nitrogen and oxygen atoms in total. The van der Waals surface area contributed by atoms with Crippen molar-refractivity contribution in [3.63, 3.8) is 0 Å². The predicted molar refractivity (Wildman–Crippen MR) is 82.3 cm³/mol. The molecule has 0 heterocycles. The van der Waals surface area contributed by atoms with Crippen LogP contribution in [0.2, 0.25) is 0 Å². The van der Waals surface area contributed by atoms with Crippen molar-refractivity contribution in [2.45, 2.75) is 38.6 Å². The van der Waals surface area contributed by atoms with E-state index in [0.717, 1.165) is 12.5 Å². The smallest absolute Gasteiger partial charge is 0.0354 e. The minimum absolute atomic E-state index is 0.600. The lowest BCUT2D eigenvalue weighted by Gasteiger charge is -2.21. The second-order valence-electron chi connectivity index (χ2n) is 5.23. The molecule has 0 bridgehead atoms. The van der Waals surface area contributed by atoms with Crippen LogP contribution in [0.4, 0.5) is 0 Å². The fraction of sp³-hybridized carbons (Fsp3) is 0.625. The Balaban J connectivity index is 2.02. The minimum atomic E-state index is 0.600. The molecule has 18 heavy (non-hydrogen) atoms. The minimum Gasteiger partial charge on any atom is -0.310 e. The Morgan fingerprint density at radius 3 is 2.94 bits per heavy atom. The molecule has 0 amide bonds. The van der Waals surface area contributed by atoms with Crippen molar-refractivity contribution in [1.82, 2.24) is 5.32 Å². The Labute approximate surface area is 116 Å². The fourth-order valence-corrected chi connectivity index (χ4v) is 3.47. The summed E-state index contributed by atoms with van der Waals surface area (Å²) in [7, 11) is 0. The SMILES string of the molecule is CCCNC1c2ccccc2CC1CCCSC. The van der Waals surface area contributed by atoms with Crippen molar-refractivity contribution in [3.8, 4) is 0 Å². The highest BCUT2D eigenvalue weighted by molar-refractivity contribution is 7.98. The molecule has 0 saturated carbocycles. The summed E-state index contributed by atoms with van der Waals surface area (Å²) >= 11 is 1.97. The van der Waals surface area contributed by atoms with E-state index in [9.17, 15) is 0 Å². The maximum atomic E-state index is 3.76. The van der Waals surface area contributed by atoms with Crippen molar-refractivity contribution in [2.24, 2.45) is 5.92 Å². The largest absolute Gasteiger partial charge is 0.310 e. The zero-order valence-corrected chi connectivity index (χ0v) is 12.4. The topological polar surface area (TPSA) is 12.0 Å². The molecule has 2 heteroatoms. The number of hydrogen-bond donors (Lipinski definition) is 1. The van der Waals surface area contributed by atoms with E-state index >= 15 is 0 Å². The van der Waals surface area contributed by atoms with Gasteiger partial charge in [0.25, 0.3) is 0 Å². The Morgan fingerprint density at radius 1 is 1.33 bits per heavy atom. The third-order valence-electron chi connectivity index (χ3n) is 3.88. The van der Waals surface area contributed by atoms with Crippen LogP contribution in [0.25, 0.3) is 0 Å². The molecule has 0 saturated heterocycles. The fourth-order valence-electron chi connectivity index (χ4n) is 3.01. The first kappa shape index (κ1) is 14.0. The van der Waals surface area contributed by atoms with Gasteiger partial charge in [-0.1, -0.05) is 31.2 Å². The monoisotopic (exact) mass is 263 g/mol. The summed E-state index contributed by atoms with van der Waals surface area (Å²) in [6.07, 6.45) is 7.40. The van der Waals surface area contributed by atoms with E-state index < -0.39 is 0 Å². The summed E-state index contributed by atoms with van der Waals surface area (Å²) in [5.74, 6) is 2.11. The molecule has 2 rings (SSSR count). The molecule has 0 fully saturated rings. The van der Waals surface area contributed by atoms with Crippen LogP contribution in [0, 0.1) is 5.92 Å². The zero-order chi connectivity index (χ0) is 12.8. The van der Waals surface area contributed by atoms with Crippen LogP contribution in [0.1, 0.15) is 43.4 Å². The van der Waals surface area contributed by atoms with Crippen LogP contribution in [0.5, 0.6) is 0 Å². The van der Waals surface area contributed by atoms with E-state index in [0.29, 0.717) is 6.04 Å². The lowest BCUT2D eigenvalue weighted by molar-refractivity contribution is 0.365. The highest BCUT2D eigenvalue weighted by Gasteiger charge is 2.30. The molecule has 1 aromatic carbocycles. The number of benzene rings is 1. The van der Waals surface area contributed by atoms with E-state index in [1.165, 1.54) is 31.4 Å². The second-order valence-corrected chi connectivity index (χ2v) is 6.22. The van der Waals surface area contributed by atoms with Gasteiger partial charge in [0.05, 0.1) is 0 Å². The van der Waals surface area contributed by atoms with Crippen molar-refractivity contribution < 1.29 is 0 Å². The molecular formula is C16H25NS. The van der Waals surface area contributed by atoms with E-state index in [-0.39, 0.29) is 0 Å². The molecule has 0 aromatic heterocycles. The van der Waals surface area contributed by atoms with E-state index in [4.69, 9.17) is 0 Å². The standard InChI is InChI=1S/C16H25NS/c1-3-10-17-16-14(8-6-11-18-2)12-13-7-4-5-9-15(13)16/h4-5,7,9,14,16-17H,3,6,8,10-12H2,1-2H3. The van der Waals surface area contributed by atoms with Gasteiger partial charge in [-0.2, -0.15) is 11.8 Å². The number of hydrogen-bond acceptors (Lipinski definition) is 2. The van der Waals surface area contributed by atoms with Gasteiger partial charge in [0.2, 0.25) is 0 Å². The molecule has 0 aliphatic heterocycles. The molecule has 1 N–H and O–H groups in total. The molecule has 1 aliphatic rings. The van der Waals surface area contributed by atoms with Gasteiger partial charge in [-0.15, -0.1) is 0 Å². The van der Waals surface area contributed by atoms with Crippen LogP contribution >= 0.6 is 11.8 Å². The summed E-state index contributed by atoms with van der Waals surface area (Å²) in [6.45, 7) is 3.38. The van der Waals surface area contributed by atoms with Gasteiger partial charge in [-0.25, -0.2) is 0 Å². The van der Waals surface area contributed by atoms with E-state index in [1.807, 2.05) is 11.8 Å². The summed E-state index contributed by atoms with van der Waals surface area (Å²) in [4.78, 5) is 0. The third-order valence-corrected chi connectivity index (χ3v) is 4.58. The molecule has 2 unspecified atom stereocenters. The number of rotatable bonds is 7. The van der Waals surface area contributed by atoms with Gasteiger partial charge >= 0.3 is 0 Å². The maximum absolute atomic E-state index is 3.76. The summed E-state index contributed by atoms with van der Waals surface area (Å²) < 4.78 is 0. The van der Waals surface area contributed by atoms with Crippen molar-refractivity contribution >= 4 is 11.8 Å². The second kappa shape index (κ2) is 7.20. The van der Waals surface area contributed by atoms with Crippen molar-refractivity contribution in [2.75, 3.05) is 18.6 Å². The lowest BCUT2D eigenvalue weighted by Crippen LogP contribution is -2.26. The van der Waals surface area contributed by atoms with Gasteiger partial charge < -0.3 is 5.32 Å². The first-order chi connectivity index (χ1) is 8.86. The molecule has 1 aliphatic carbocycles. The van der Waals surface area contributed by atoms with Crippen LogP contribution in [0.3, 0.4) is 0 Å². The van der Waals surface area contributed by atoms with Crippen molar-refractivity contribution in [1.29, 1.82) is 0 Å². The summed E-state index contributed by atoms with van der Waals surface area (Å²) in [5, 5.41) is 3.76. The molecule has 0 radical (unpaired) electrons. The Bertz CT molecular complexity index is 364. The van der Waals surface area contributed by atoms with Crippen LogP contribution in [-0.4, -0.2) is 18.6 Å². The van der Waals surface area contributed by atoms with Gasteiger partial charge in [-0.3, -0.25) is 0 Å². The molecule has 0 spiro atoms. The van der Waals surface area contributed by atoms with Crippen molar-refractivity contribution in [3.05, 3.63) is 35.4 Å². The summed E-state index contributed by atoms with van der Waals surface area (Å²) in [5.41, 5.74) is 3.13. The Morgan fingerprint density at radius 2 is 2.17 bits per heavy atom. The highest BCUT2D eigenvalue weighted by atomic mass is 32.2. The zero-order valence-electron chi connectivity index (χ0n) is 11.6. The Hall–Kier alpha value is -0.470. The van der Waals surface area contributed by atoms with Crippen LogP contribution in [-0.2, 0) is 6.42 Å². The predicted octanol–water partition coefficient (Wildman–Crippen LogP) is 4.04. The van der Waals surface area contributed by atoms with E-state index in [2.05, 4.69) is 42.8 Å². The number of fused-ring (bicyclic) bond motifs is 1. The van der Waals surface area contributed by atoms with Crippen LogP contribution < -0.4 is 5.32 Å². The van der Waals surface area contributed by atoms with Gasteiger partial charge in [0.15, 0.2) is 0 Å². The lowest BCUT2D eigenvalue weighted by atomic mass is 9.95. The van der Waals surface area contributed by atoms with Crippen LogP contribution in [0.15, 0.2) is 24.3 Å². The normalized spacial score (nSPS) is 22.1. The maximum Gasteiger partial charge on any atom is 0.0354 e.